The number of nitrogens with one attached hydrogen (secondary N) is 1. The fraction of sp³-hybridized carbons (Fsp3) is 0.286. The van der Waals surface area contributed by atoms with Gasteiger partial charge in [0.2, 0.25) is 0 Å². The van der Waals surface area contributed by atoms with Crippen LogP contribution in [0.25, 0.3) is 11.1 Å². The van der Waals surface area contributed by atoms with Crippen molar-refractivity contribution in [2.24, 2.45) is 0 Å². The standard InChI is InChI=1S/C28H26N2O4/c29-17-28(12-13-28)19-7-5-6-18(14-19)26(32)25(31)15-30-27(33)34-16-24-22-10-3-1-8-20(22)21-9-2-4-11-23(21)24/h1-11,14,24-26,31-32H,12-13,15-16H2,(H,30,33). The third kappa shape index (κ3) is 4.05. The molecule has 2 atom stereocenters. The summed E-state index contributed by atoms with van der Waals surface area (Å²) in [6.07, 6.45) is -1.45. The summed E-state index contributed by atoms with van der Waals surface area (Å²) in [4.78, 5) is 12.4. The van der Waals surface area contributed by atoms with Gasteiger partial charge in [-0.1, -0.05) is 72.8 Å². The maximum Gasteiger partial charge on any atom is 0.407 e. The molecule has 3 aromatic rings. The Morgan fingerprint density at radius 3 is 2.29 bits per heavy atom. The Labute approximate surface area is 198 Å². The lowest BCUT2D eigenvalue weighted by molar-refractivity contribution is 0.0185. The maximum absolute atomic E-state index is 12.4. The van der Waals surface area contributed by atoms with Crippen LogP contribution in [-0.4, -0.2) is 35.6 Å². The number of hydrogen-bond donors (Lipinski definition) is 3. The summed E-state index contributed by atoms with van der Waals surface area (Å²) < 4.78 is 5.48. The van der Waals surface area contributed by atoms with Crippen LogP contribution >= 0.6 is 0 Å². The minimum atomic E-state index is -1.21. The van der Waals surface area contributed by atoms with E-state index in [9.17, 15) is 20.3 Å². The number of carbonyl (C=O) groups is 1. The first-order valence-corrected chi connectivity index (χ1v) is 11.5. The fourth-order valence-corrected chi connectivity index (χ4v) is 4.78. The van der Waals surface area contributed by atoms with Gasteiger partial charge in [-0.3, -0.25) is 0 Å². The zero-order chi connectivity index (χ0) is 23.7. The monoisotopic (exact) mass is 454 g/mol. The highest BCUT2D eigenvalue weighted by Crippen LogP contribution is 2.48. The van der Waals surface area contributed by atoms with Crippen molar-refractivity contribution in [2.45, 2.75) is 36.4 Å². The van der Waals surface area contributed by atoms with Gasteiger partial charge in [0.15, 0.2) is 0 Å². The second-order valence-electron chi connectivity index (χ2n) is 9.04. The summed E-state index contributed by atoms with van der Waals surface area (Å²) in [6.45, 7) is 0.0161. The Morgan fingerprint density at radius 2 is 1.68 bits per heavy atom. The van der Waals surface area contributed by atoms with Crippen LogP contribution in [0.5, 0.6) is 0 Å². The highest BCUT2D eigenvalue weighted by Gasteiger charge is 2.45. The second kappa shape index (κ2) is 8.94. The van der Waals surface area contributed by atoms with E-state index in [4.69, 9.17) is 4.74 Å². The summed E-state index contributed by atoms with van der Waals surface area (Å²) >= 11 is 0. The highest BCUT2D eigenvalue weighted by molar-refractivity contribution is 5.79. The van der Waals surface area contributed by atoms with Crippen molar-refractivity contribution in [3.63, 3.8) is 0 Å². The number of benzene rings is 3. The van der Waals surface area contributed by atoms with Gasteiger partial charge >= 0.3 is 6.09 Å². The van der Waals surface area contributed by atoms with Crippen molar-refractivity contribution in [1.29, 1.82) is 5.26 Å². The van der Waals surface area contributed by atoms with Crippen LogP contribution in [0.3, 0.4) is 0 Å². The largest absolute Gasteiger partial charge is 0.449 e. The number of aliphatic hydroxyl groups is 2. The number of nitrogens with zero attached hydrogens (tertiary/aromatic N) is 1. The molecule has 1 saturated carbocycles. The van der Waals surface area contributed by atoms with Crippen LogP contribution in [0.4, 0.5) is 4.79 Å². The minimum absolute atomic E-state index is 0.0497. The number of nitriles is 1. The molecule has 0 radical (unpaired) electrons. The number of ether oxygens (including phenoxy) is 1. The Morgan fingerprint density at radius 1 is 1.03 bits per heavy atom. The van der Waals surface area contributed by atoms with Crippen LogP contribution in [0.15, 0.2) is 72.8 Å². The van der Waals surface area contributed by atoms with Crippen LogP contribution < -0.4 is 5.32 Å². The first kappa shape index (κ1) is 22.1. The quantitative estimate of drug-likeness (QED) is 0.497. The third-order valence-corrected chi connectivity index (χ3v) is 6.91. The molecule has 0 saturated heterocycles. The van der Waals surface area contributed by atoms with E-state index >= 15 is 0 Å². The minimum Gasteiger partial charge on any atom is -0.449 e. The van der Waals surface area contributed by atoms with Crippen molar-refractivity contribution < 1.29 is 19.7 Å². The predicted molar refractivity (Wildman–Crippen MR) is 127 cm³/mol. The molecule has 2 unspecified atom stereocenters. The summed E-state index contributed by atoms with van der Waals surface area (Å²) in [7, 11) is 0. The smallest absolute Gasteiger partial charge is 0.407 e. The van der Waals surface area contributed by atoms with Gasteiger partial charge in [-0.25, -0.2) is 4.79 Å². The molecular weight excluding hydrogens is 428 g/mol. The van der Waals surface area contributed by atoms with Crippen LogP contribution in [0.2, 0.25) is 0 Å². The van der Waals surface area contributed by atoms with Crippen molar-refractivity contribution >= 4 is 6.09 Å². The van der Waals surface area contributed by atoms with Crippen LogP contribution in [0.1, 0.15) is 47.1 Å². The molecule has 1 amide bonds. The van der Waals surface area contributed by atoms with E-state index in [1.165, 1.54) is 0 Å². The summed E-state index contributed by atoms with van der Waals surface area (Å²) in [6, 6.07) is 25.6. The number of aliphatic hydroxyl groups excluding tert-OH is 2. The molecule has 0 heterocycles. The number of amides is 1. The molecule has 0 spiro atoms. The molecule has 0 aliphatic heterocycles. The van der Waals surface area contributed by atoms with E-state index in [1.807, 2.05) is 42.5 Å². The molecule has 3 N–H and O–H groups in total. The summed E-state index contributed by atoms with van der Waals surface area (Å²) in [5.41, 5.74) is 5.44. The molecule has 5 rings (SSSR count). The highest BCUT2D eigenvalue weighted by atomic mass is 16.5. The van der Waals surface area contributed by atoms with Gasteiger partial charge in [0, 0.05) is 12.5 Å². The zero-order valence-electron chi connectivity index (χ0n) is 18.6. The zero-order valence-corrected chi connectivity index (χ0v) is 18.6. The SMILES string of the molecule is N#CC1(c2cccc(C(O)C(O)CNC(=O)OCC3c4ccccc4-c4ccccc43)c2)CC1. The molecule has 1 fully saturated rings. The summed E-state index contributed by atoms with van der Waals surface area (Å²) in [5, 5.41) is 33.0. The van der Waals surface area contributed by atoms with Gasteiger partial charge in [0.25, 0.3) is 0 Å². The van der Waals surface area contributed by atoms with Crippen LogP contribution in [0, 0.1) is 11.3 Å². The lowest BCUT2D eigenvalue weighted by Crippen LogP contribution is -2.36. The Bertz CT molecular complexity index is 1220. The second-order valence-corrected chi connectivity index (χ2v) is 9.04. The molecule has 2 aliphatic rings. The topological polar surface area (TPSA) is 103 Å². The van der Waals surface area contributed by atoms with Crippen molar-refractivity contribution in [3.8, 4) is 17.2 Å². The first-order valence-electron chi connectivity index (χ1n) is 11.5. The van der Waals surface area contributed by atoms with E-state index in [0.29, 0.717) is 5.56 Å². The normalized spacial score (nSPS) is 17.1. The average Bonchev–Trinajstić information content (AvgIpc) is 3.63. The molecule has 6 heteroatoms. The lowest BCUT2D eigenvalue weighted by atomic mass is 9.93. The van der Waals surface area contributed by atoms with Gasteiger partial charge in [-0.15, -0.1) is 0 Å². The van der Waals surface area contributed by atoms with Gasteiger partial charge in [0.05, 0.1) is 11.5 Å². The van der Waals surface area contributed by atoms with E-state index in [0.717, 1.165) is 40.7 Å². The fourth-order valence-electron chi connectivity index (χ4n) is 4.78. The van der Waals surface area contributed by atoms with E-state index in [-0.39, 0.29) is 19.1 Å². The van der Waals surface area contributed by atoms with Crippen LogP contribution in [-0.2, 0) is 10.2 Å². The Hall–Kier alpha value is -3.66. The number of hydrogen-bond acceptors (Lipinski definition) is 5. The molecular formula is C28H26N2O4. The van der Waals surface area contributed by atoms with Gasteiger partial charge < -0.3 is 20.3 Å². The van der Waals surface area contributed by atoms with Gasteiger partial charge in [0.1, 0.15) is 18.8 Å². The molecule has 2 aliphatic carbocycles. The predicted octanol–water partition coefficient (Wildman–Crippen LogP) is 4.17. The molecule has 0 aromatic heterocycles. The van der Waals surface area contributed by atoms with Crippen molar-refractivity contribution in [3.05, 3.63) is 95.1 Å². The summed E-state index contributed by atoms with van der Waals surface area (Å²) in [5.74, 6) is -0.0497. The van der Waals surface area contributed by atoms with E-state index < -0.39 is 23.7 Å². The molecule has 172 valence electrons. The van der Waals surface area contributed by atoms with Gasteiger partial charge in [-0.2, -0.15) is 5.26 Å². The lowest BCUT2D eigenvalue weighted by Gasteiger charge is -2.20. The molecule has 6 nitrogen and oxygen atoms in total. The van der Waals surface area contributed by atoms with Crippen molar-refractivity contribution in [1.82, 2.24) is 5.32 Å². The third-order valence-electron chi connectivity index (χ3n) is 6.91. The van der Waals surface area contributed by atoms with E-state index in [2.05, 4.69) is 23.5 Å². The van der Waals surface area contributed by atoms with E-state index in [1.54, 1.807) is 18.2 Å². The average molecular weight is 455 g/mol. The first-order chi connectivity index (χ1) is 16.5. The molecule has 3 aromatic carbocycles. The molecule has 0 bridgehead atoms. The Balaban J connectivity index is 1.17. The van der Waals surface area contributed by atoms with Gasteiger partial charge in [-0.05, 0) is 46.2 Å². The number of rotatable bonds is 7. The molecule has 34 heavy (non-hydrogen) atoms. The number of carbonyl (C=O) groups excluding carboxylic acids is 1. The Kier molecular flexibility index (Phi) is 5.82. The maximum atomic E-state index is 12.4. The number of fused-ring (bicyclic) bond motifs is 3. The van der Waals surface area contributed by atoms with Crippen molar-refractivity contribution in [2.75, 3.05) is 13.2 Å². The number of alkyl carbamates (subject to hydrolysis) is 1.